The second-order valence-electron chi connectivity index (χ2n) is 4.01. The molecule has 0 N–H and O–H groups in total. The normalized spacial score (nSPS) is 16.3. The van der Waals surface area contributed by atoms with Gasteiger partial charge < -0.3 is 4.57 Å². The van der Waals surface area contributed by atoms with Gasteiger partial charge in [-0.2, -0.15) is 0 Å². The minimum atomic E-state index is -0.759. The summed E-state index contributed by atoms with van der Waals surface area (Å²) < 4.78 is 2.45. The summed E-state index contributed by atoms with van der Waals surface area (Å²) in [6.45, 7) is 9.84. The topological polar surface area (TPSA) is 3.24 Å². The molecule has 0 aromatic rings. The van der Waals surface area contributed by atoms with Crippen LogP contribution in [0.4, 0.5) is 0 Å². The fourth-order valence-electron chi connectivity index (χ4n) is 0.775. The summed E-state index contributed by atoms with van der Waals surface area (Å²) in [4.78, 5) is 0. The predicted octanol–water partition coefficient (Wildman–Crippen LogP) is 1.32. The van der Waals surface area contributed by atoms with Crippen LogP contribution in [0.2, 0.25) is 26.2 Å². The number of nitrogens with zero attached hydrogens (tertiary/aromatic N) is 1. The summed E-state index contributed by atoms with van der Waals surface area (Å²) in [7, 11) is 3.18. The molecule has 0 radical (unpaired) electrons. The van der Waals surface area contributed by atoms with Crippen molar-refractivity contribution in [3.05, 3.63) is 0 Å². The molecule has 0 rings (SSSR count). The Balaban J connectivity index is 3.88. The molecule has 0 heterocycles. The molecule has 0 aliphatic carbocycles. The van der Waals surface area contributed by atoms with Gasteiger partial charge in [0.1, 0.15) is 0 Å². The average Bonchev–Trinajstić information content (AvgIpc) is 1.62. The van der Waals surface area contributed by atoms with E-state index in [1.165, 1.54) is 0 Å². The van der Waals surface area contributed by atoms with E-state index in [1.54, 1.807) is 0 Å². The van der Waals surface area contributed by atoms with Gasteiger partial charge in [-0.1, -0.05) is 26.2 Å². The lowest BCUT2D eigenvalue weighted by atomic mass is 11.3. The molecule has 1 nitrogen and oxygen atoms in total. The molecule has 0 amide bonds. The summed E-state index contributed by atoms with van der Waals surface area (Å²) in [5, 5.41) is 0. The number of hydrogen-bond acceptors (Lipinski definition) is 1. The Morgan fingerprint density at radius 1 is 1.11 bits per heavy atom. The zero-order valence-electron chi connectivity index (χ0n) is 7.52. The van der Waals surface area contributed by atoms with Gasteiger partial charge in [-0.15, -0.1) is 0 Å². The van der Waals surface area contributed by atoms with Crippen molar-refractivity contribution in [1.82, 2.24) is 4.57 Å². The molecule has 0 saturated carbocycles. The van der Waals surface area contributed by atoms with E-state index in [0.29, 0.717) is 0 Å². The fourth-order valence-corrected chi connectivity index (χ4v) is 6.97. The highest BCUT2D eigenvalue weighted by molar-refractivity contribution is 7.30. The van der Waals surface area contributed by atoms with E-state index in [1.807, 2.05) is 0 Å². The highest BCUT2D eigenvalue weighted by atomic mass is 29.2. The summed E-state index contributed by atoms with van der Waals surface area (Å²) in [6.07, 6.45) is 0. The molecule has 0 saturated heterocycles. The van der Waals surface area contributed by atoms with Crippen molar-refractivity contribution in [2.75, 3.05) is 14.1 Å². The minimum Gasteiger partial charge on any atom is -0.334 e. The Kier molecular flexibility index (Phi) is 3.12. The summed E-state index contributed by atoms with van der Waals surface area (Å²) in [5.41, 5.74) is 0. The average molecular weight is 161 g/mol. The van der Waals surface area contributed by atoms with Gasteiger partial charge in [0.2, 0.25) is 0 Å². The first kappa shape index (κ1) is 9.39. The van der Waals surface area contributed by atoms with E-state index in [9.17, 15) is 0 Å². The molecule has 0 spiro atoms. The Hall–Kier alpha value is 0.394. The molecule has 0 aromatic carbocycles. The highest BCUT2D eigenvalue weighted by Crippen LogP contribution is 2.06. The SMILES string of the molecule is CN(C)[SiH](C)[Si](C)(C)C. The minimum absolute atomic E-state index is 0.492. The highest BCUT2D eigenvalue weighted by Gasteiger charge is 2.25. The monoisotopic (exact) mass is 161 g/mol. The summed E-state index contributed by atoms with van der Waals surface area (Å²) in [5.74, 6) is 0. The predicted molar refractivity (Wildman–Crippen MR) is 50.0 cm³/mol. The third-order valence-corrected chi connectivity index (χ3v) is 15.2. The maximum absolute atomic E-state index is 2.46. The first-order valence-electron chi connectivity index (χ1n) is 3.52. The third kappa shape index (κ3) is 3.18. The molecular formula is C6H19NSi2. The van der Waals surface area contributed by atoms with Gasteiger partial charge in [0, 0.05) is 0 Å². The standard InChI is InChI=1S/C6H19NSi2/c1-7(2)8(3)9(4,5)6/h8H,1-6H3. The van der Waals surface area contributed by atoms with Crippen molar-refractivity contribution in [1.29, 1.82) is 0 Å². The van der Waals surface area contributed by atoms with Crippen molar-refractivity contribution < 1.29 is 0 Å². The van der Waals surface area contributed by atoms with Gasteiger partial charge in [0.25, 0.3) is 0 Å². The third-order valence-electron chi connectivity index (χ3n) is 2.03. The molecule has 0 fully saturated rings. The van der Waals surface area contributed by atoms with E-state index in [2.05, 4.69) is 44.8 Å². The Bertz CT molecular complexity index is 85.5. The van der Waals surface area contributed by atoms with Crippen LogP contribution in [-0.2, 0) is 0 Å². The molecule has 3 heteroatoms. The van der Waals surface area contributed by atoms with Crippen molar-refractivity contribution in [3.8, 4) is 0 Å². The molecule has 0 aliphatic heterocycles. The summed E-state index contributed by atoms with van der Waals surface area (Å²) in [6, 6.07) is 0. The van der Waals surface area contributed by atoms with Crippen LogP contribution in [-0.4, -0.2) is 34.7 Å². The van der Waals surface area contributed by atoms with Crippen molar-refractivity contribution >= 4 is 16.1 Å². The molecule has 1 unspecified atom stereocenters. The molecular weight excluding hydrogens is 142 g/mol. The van der Waals surface area contributed by atoms with Gasteiger partial charge in [-0.25, -0.2) is 0 Å². The maximum Gasteiger partial charge on any atom is 0.0982 e. The second kappa shape index (κ2) is 2.99. The Labute approximate surface area is 61.6 Å². The van der Waals surface area contributed by atoms with Crippen LogP contribution >= 0.6 is 0 Å². The van der Waals surface area contributed by atoms with Crippen LogP contribution in [0.5, 0.6) is 0 Å². The van der Waals surface area contributed by atoms with E-state index in [-0.39, 0.29) is 0 Å². The van der Waals surface area contributed by atoms with Crippen LogP contribution < -0.4 is 0 Å². The van der Waals surface area contributed by atoms with E-state index < -0.39 is 16.1 Å². The lowest BCUT2D eigenvalue weighted by molar-refractivity contribution is 0.656. The van der Waals surface area contributed by atoms with Crippen LogP contribution in [0, 0.1) is 0 Å². The number of rotatable bonds is 2. The number of hydrogen-bond donors (Lipinski definition) is 0. The second-order valence-corrected chi connectivity index (χ2v) is 18.8. The van der Waals surface area contributed by atoms with Crippen LogP contribution in [0.25, 0.3) is 0 Å². The maximum atomic E-state index is 2.46. The zero-order chi connectivity index (χ0) is 7.65. The lowest BCUT2D eigenvalue weighted by Crippen LogP contribution is -2.50. The lowest BCUT2D eigenvalue weighted by Gasteiger charge is -2.29. The largest absolute Gasteiger partial charge is 0.334 e. The Morgan fingerprint density at radius 2 is 1.44 bits per heavy atom. The van der Waals surface area contributed by atoms with Gasteiger partial charge in [0.15, 0.2) is 0 Å². The van der Waals surface area contributed by atoms with Gasteiger partial charge >= 0.3 is 0 Å². The fraction of sp³-hybridized carbons (Fsp3) is 1.00. The van der Waals surface area contributed by atoms with Crippen LogP contribution in [0.1, 0.15) is 0 Å². The Morgan fingerprint density at radius 3 is 1.44 bits per heavy atom. The quantitative estimate of drug-likeness (QED) is 0.552. The van der Waals surface area contributed by atoms with Crippen LogP contribution in [0.15, 0.2) is 0 Å². The van der Waals surface area contributed by atoms with Gasteiger partial charge in [-0.05, 0) is 14.1 Å². The molecule has 0 bridgehead atoms. The van der Waals surface area contributed by atoms with Crippen molar-refractivity contribution in [3.63, 3.8) is 0 Å². The van der Waals surface area contributed by atoms with Gasteiger partial charge in [-0.3, -0.25) is 0 Å². The van der Waals surface area contributed by atoms with Crippen LogP contribution in [0.3, 0.4) is 0 Å². The smallest absolute Gasteiger partial charge is 0.0982 e. The first-order valence-corrected chi connectivity index (χ1v) is 10.5. The molecule has 9 heavy (non-hydrogen) atoms. The van der Waals surface area contributed by atoms with Crippen molar-refractivity contribution in [2.24, 2.45) is 0 Å². The van der Waals surface area contributed by atoms with E-state index in [4.69, 9.17) is 0 Å². The molecule has 0 aromatic heterocycles. The summed E-state index contributed by atoms with van der Waals surface area (Å²) >= 11 is 0. The van der Waals surface area contributed by atoms with Crippen molar-refractivity contribution in [2.45, 2.75) is 26.2 Å². The molecule has 56 valence electrons. The van der Waals surface area contributed by atoms with E-state index in [0.717, 1.165) is 0 Å². The first-order chi connectivity index (χ1) is 3.85. The molecule has 1 atom stereocenters. The van der Waals surface area contributed by atoms with E-state index >= 15 is 0 Å². The van der Waals surface area contributed by atoms with Gasteiger partial charge in [0.05, 0.1) is 16.1 Å². The zero-order valence-corrected chi connectivity index (χ0v) is 9.68. The molecule has 0 aliphatic rings.